The Kier molecular flexibility index (Phi) is 3.47. The normalized spacial score (nSPS) is 11.1. The third-order valence-electron chi connectivity index (χ3n) is 4.41. The molecule has 6 heteroatoms. The van der Waals surface area contributed by atoms with Gasteiger partial charge in [0, 0.05) is 24.2 Å². The van der Waals surface area contributed by atoms with E-state index < -0.39 is 0 Å². The Morgan fingerprint density at radius 2 is 1.56 bits per heavy atom. The van der Waals surface area contributed by atoms with Gasteiger partial charge in [-0.15, -0.1) is 0 Å². The molecule has 130 valence electrons. The summed E-state index contributed by atoms with van der Waals surface area (Å²) in [5.74, 6) is 0.348. The van der Waals surface area contributed by atoms with Crippen LogP contribution in [0.2, 0.25) is 0 Å². The van der Waals surface area contributed by atoms with E-state index in [1.54, 1.807) is 6.20 Å². The molecule has 0 saturated carbocycles. The molecule has 5 rings (SSSR count). The van der Waals surface area contributed by atoms with Gasteiger partial charge in [-0.05, 0) is 24.3 Å². The van der Waals surface area contributed by atoms with Gasteiger partial charge in [0.1, 0.15) is 28.5 Å². The SMILES string of the molecule is O=C(Nc1c(-c2ccccc2)nc2ccccn12)c1cn2ccccc2n1. The Hall–Kier alpha value is -3.93. The van der Waals surface area contributed by atoms with Crippen molar-refractivity contribution in [2.24, 2.45) is 0 Å². The van der Waals surface area contributed by atoms with E-state index in [4.69, 9.17) is 4.98 Å². The zero-order valence-electron chi connectivity index (χ0n) is 14.3. The van der Waals surface area contributed by atoms with Crippen molar-refractivity contribution < 1.29 is 4.79 Å². The molecule has 27 heavy (non-hydrogen) atoms. The molecule has 5 aromatic rings. The predicted octanol–water partition coefficient (Wildman–Crippen LogP) is 3.90. The monoisotopic (exact) mass is 353 g/mol. The van der Waals surface area contributed by atoms with E-state index in [2.05, 4.69) is 10.3 Å². The quantitative estimate of drug-likeness (QED) is 0.535. The number of anilines is 1. The zero-order valence-corrected chi connectivity index (χ0v) is 14.3. The first-order chi connectivity index (χ1) is 13.3. The second-order valence-electron chi connectivity index (χ2n) is 6.15. The standard InChI is InChI=1S/C21H15N5O/c27-21(16-14-25-12-6-4-10-17(25)22-16)24-20-19(15-8-2-1-3-9-15)23-18-11-5-7-13-26(18)20/h1-14H,(H,24,27). The largest absolute Gasteiger partial charge is 0.306 e. The van der Waals surface area contributed by atoms with Gasteiger partial charge in [0.25, 0.3) is 5.91 Å². The van der Waals surface area contributed by atoms with Crippen LogP contribution in [0.5, 0.6) is 0 Å². The average molecular weight is 353 g/mol. The summed E-state index contributed by atoms with van der Waals surface area (Å²) in [4.78, 5) is 22.0. The number of hydrogen-bond donors (Lipinski definition) is 1. The van der Waals surface area contributed by atoms with Gasteiger partial charge < -0.3 is 9.72 Å². The van der Waals surface area contributed by atoms with Crippen LogP contribution >= 0.6 is 0 Å². The molecule has 0 spiro atoms. The molecule has 0 fully saturated rings. The van der Waals surface area contributed by atoms with Crippen LogP contribution in [0.3, 0.4) is 0 Å². The van der Waals surface area contributed by atoms with Crippen LogP contribution in [0, 0.1) is 0 Å². The van der Waals surface area contributed by atoms with Crippen molar-refractivity contribution in [2.45, 2.75) is 0 Å². The molecule has 0 bridgehead atoms. The zero-order chi connectivity index (χ0) is 18.2. The molecule has 0 aliphatic carbocycles. The van der Waals surface area contributed by atoms with Crippen molar-refractivity contribution in [1.82, 2.24) is 18.8 Å². The molecule has 4 heterocycles. The maximum atomic E-state index is 12.9. The van der Waals surface area contributed by atoms with E-state index in [-0.39, 0.29) is 5.91 Å². The van der Waals surface area contributed by atoms with Crippen LogP contribution < -0.4 is 5.32 Å². The highest BCUT2D eigenvalue weighted by molar-refractivity contribution is 6.04. The fourth-order valence-electron chi connectivity index (χ4n) is 3.13. The topological polar surface area (TPSA) is 63.7 Å². The maximum absolute atomic E-state index is 12.9. The van der Waals surface area contributed by atoms with Crippen LogP contribution in [-0.4, -0.2) is 24.7 Å². The number of aromatic nitrogens is 4. The Bertz CT molecular complexity index is 1240. The van der Waals surface area contributed by atoms with Gasteiger partial charge in [-0.25, -0.2) is 9.97 Å². The van der Waals surface area contributed by atoms with Crippen molar-refractivity contribution >= 4 is 23.0 Å². The first kappa shape index (κ1) is 15.3. The number of carbonyl (C=O) groups excluding carboxylic acids is 1. The van der Waals surface area contributed by atoms with Crippen LogP contribution in [-0.2, 0) is 0 Å². The first-order valence-electron chi connectivity index (χ1n) is 8.57. The van der Waals surface area contributed by atoms with Gasteiger partial charge in [0.2, 0.25) is 0 Å². The summed E-state index contributed by atoms with van der Waals surface area (Å²) >= 11 is 0. The summed E-state index contributed by atoms with van der Waals surface area (Å²) in [6.07, 6.45) is 5.47. The highest BCUT2D eigenvalue weighted by atomic mass is 16.2. The number of hydrogen-bond acceptors (Lipinski definition) is 3. The third-order valence-corrected chi connectivity index (χ3v) is 4.41. The minimum Gasteiger partial charge on any atom is -0.306 e. The number of imidazole rings is 2. The van der Waals surface area contributed by atoms with E-state index >= 15 is 0 Å². The lowest BCUT2D eigenvalue weighted by Crippen LogP contribution is -2.14. The molecular weight excluding hydrogens is 338 g/mol. The second-order valence-corrected chi connectivity index (χ2v) is 6.15. The summed E-state index contributed by atoms with van der Waals surface area (Å²) < 4.78 is 3.69. The van der Waals surface area contributed by atoms with E-state index in [1.807, 2.05) is 87.9 Å². The smallest absolute Gasteiger partial charge is 0.277 e. The van der Waals surface area contributed by atoms with Crippen molar-refractivity contribution in [2.75, 3.05) is 5.32 Å². The number of nitrogens with zero attached hydrogens (tertiary/aromatic N) is 4. The summed E-state index contributed by atoms with van der Waals surface area (Å²) in [6.45, 7) is 0. The fourth-order valence-corrected chi connectivity index (χ4v) is 3.13. The molecule has 0 aliphatic rings. The van der Waals surface area contributed by atoms with Crippen LogP contribution in [0.4, 0.5) is 5.82 Å². The second kappa shape index (κ2) is 6.10. The lowest BCUT2D eigenvalue weighted by Gasteiger charge is -2.06. The molecule has 1 N–H and O–H groups in total. The van der Waals surface area contributed by atoms with Gasteiger partial charge in [-0.1, -0.05) is 42.5 Å². The van der Waals surface area contributed by atoms with Crippen LogP contribution in [0.25, 0.3) is 22.6 Å². The molecule has 0 unspecified atom stereocenters. The number of pyridine rings is 2. The minimum atomic E-state index is -0.276. The summed E-state index contributed by atoms with van der Waals surface area (Å²) in [7, 11) is 0. The molecule has 4 aromatic heterocycles. The molecule has 0 radical (unpaired) electrons. The predicted molar refractivity (Wildman–Crippen MR) is 104 cm³/mol. The molecule has 0 atom stereocenters. The summed E-state index contributed by atoms with van der Waals surface area (Å²) in [5.41, 5.74) is 3.50. The number of nitrogens with one attached hydrogen (secondary N) is 1. The first-order valence-corrected chi connectivity index (χ1v) is 8.57. The molecule has 0 aliphatic heterocycles. The van der Waals surface area contributed by atoms with E-state index in [9.17, 15) is 4.79 Å². The Balaban J connectivity index is 1.60. The maximum Gasteiger partial charge on any atom is 0.277 e. The van der Waals surface area contributed by atoms with Crippen LogP contribution in [0.1, 0.15) is 10.5 Å². The summed E-state index contributed by atoms with van der Waals surface area (Å²) in [5, 5.41) is 2.99. The van der Waals surface area contributed by atoms with Gasteiger partial charge in [-0.2, -0.15) is 0 Å². The van der Waals surface area contributed by atoms with Crippen LogP contribution in [0.15, 0.2) is 85.3 Å². The average Bonchev–Trinajstić information content (AvgIpc) is 3.31. The number of rotatable bonds is 3. The number of carbonyl (C=O) groups is 1. The lowest BCUT2D eigenvalue weighted by molar-refractivity contribution is 0.102. The van der Waals surface area contributed by atoms with Crippen molar-refractivity contribution in [1.29, 1.82) is 0 Å². The van der Waals surface area contributed by atoms with Crippen molar-refractivity contribution in [3.8, 4) is 11.3 Å². The van der Waals surface area contributed by atoms with E-state index in [0.717, 1.165) is 22.6 Å². The number of amides is 1. The molecule has 6 nitrogen and oxygen atoms in total. The third kappa shape index (κ3) is 2.64. The van der Waals surface area contributed by atoms with Crippen molar-refractivity contribution in [3.05, 3.63) is 91.0 Å². The number of benzene rings is 1. The molecule has 1 aromatic carbocycles. The summed E-state index contributed by atoms with van der Waals surface area (Å²) in [6, 6.07) is 21.2. The van der Waals surface area contributed by atoms with E-state index in [0.29, 0.717) is 11.5 Å². The highest BCUT2D eigenvalue weighted by Crippen LogP contribution is 2.28. The fraction of sp³-hybridized carbons (Fsp3) is 0. The Labute approximate surface area is 154 Å². The van der Waals surface area contributed by atoms with E-state index in [1.165, 1.54) is 0 Å². The number of fused-ring (bicyclic) bond motifs is 2. The highest BCUT2D eigenvalue weighted by Gasteiger charge is 2.18. The van der Waals surface area contributed by atoms with Gasteiger partial charge in [0.05, 0.1) is 0 Å². The Morgan fingerprint density at radius 3 is 2.37 bits per heavy atom. The molecule has 0 saturated heterocycles. The van der Waals surface area contributed by atoms with Gasteiger partial charge >= 0.3 is 0 Å². The lowest BCUT2D eigenvalue weighted by atomic mass is 10.1. The minimum absolute atomic E-state index is 0.276. The van der Waals surface area contributed by atoms with Gasteiger partial charge in [0.15, 0.2) is 0 Å². The Morgan fingerprint density at radius 1 is 0.815 bits per heavy atom. The van der Waals surface area contributed by atoms with Crippen molar-refractivity contribution in [3.63, 3.8) is 0 Å². The molecular formula is C21H15N5O. The van der Waals surface area contributed by atoms with Gasteiger partial charge in [-0.3, -0.25) is 9.20 Å². The molecule has 1 amide bonds.